The van der Waals surface area contributed by atoms with Gasteiger partial charge in [-0.3, -0.25) is 14.4 Å². The standard InChI is InChI=1S/C24H28N2O6/c1-16(2)32-19-11-9-17(10-12-19)13-26(14-21(28)29)24(30)23-22(18-7-5-4-6-8-18)25(3)20(27)15-31-23/h4-12,16,22-23H,13-15H2,1-3H3,(H,28,29)/t22-,23-/m1/s1. The molecule has 0 unspecified atom stereocenters. The summed E-state index contributed by atoms with van der Waals surface area (Å²) in [6, 6.07) is 15.6. The second-order valence-corrected chi connectivity index (χ2v) is 7.99. The second kappa shape index (κ2) is 10.3. The van der Waals surface area contributed by atoms with E-state index in [1.54, 1.807) is 31.3 Å². The number of aliphatic carboxylic acids is 1. The highest BCUT2D eigenvalue weighted by Gasteiger charge is 2.42. The molecule has 1 saturated heterocycles. The average Bonchev–Trinajstić information content (AvgIpc) is 2.76. The third-order valence-electron chi connectivity index (χ3n) is 5.17. The third kappa shape index (κ3) is 5.64. The van der Waals surface area contributed by atoms with Crippen molar-refractivity contribution in [3.8, 4) is 5.75 Å². The van der Waals surface area contributed by atoms with Crippen LogP contribution in [0.5, 0.6) is 5.75 Å². The molecule has 8 nitrogen and oxygen atoms in total. The number of carboxylic acid groups (broad SMARTS) is 1. The van der Waals surface area contributed by atoms with E-state index in [2.05, 4.69) is 0 Å². The number of morpholine rings is 1. The van der Waals surface area contributed by atoms with Crippen LogP contribution in [0.25, 0.3) is 0 Å². The zero-order chi connectivity index (χ0) is 23.3. The minimum Gasteiger partial charge on any atom is -0.491 e. The fourth-order valence-electron chi connectivity index (χ4n) is 3.69. The van der Waals surface area contributed by atoms with Gasteiger partial charge in [-0.1, -0.05) is 42.5 Å². The topological polar surface area (TPSA) is 96.4 Å². The molecule has 1 N–H and O–H groups in total. The van der Waals surface area contributed by atoms with Crippen LogP contribution in [0.15, 0.2) is 54.6 Å². The molecule has 1 fully saturated rings. The summed E-state index contributed by atoms with van der Waals surface area (Å²) < 4.78 is 11.3. The van der Waals surface area contributed by atoms with Gasteiger partial charge in [0.25, 0.3) is 5.91 Å². The largest absolute Gasteiger partial charge is 0.491 e. The van der Waals surface area contributed by atoms with Crippen molar-refractivity contribution in [1.82, 2.24) is 9.80 Å². The third-order valence-corrected chi connectivity index (χ3v) is 5.17. The number of carboxylic acids is 1. The van der Waals surface area contributed by atoms with Crippen LogP contribution in [0.1, 0.15) is 31.0 Å². The average molecular weight is 440 g/mol. The van der Waals surface area contributed by atoms with E-state index in [1.165, 1.54) is 9.80 Å². The molecule has 0 radical (unpaired) electrons. The minimum atomic E-state index is -1.13. The first-order chi connectivity index (χ1) is 15.3. The molecular formula is C24H28N2O6. The molecule has 2 atom stereocenters. The Bertz CT molecular complexity index is 945. The summed E-state index contributed by atoms with van der Waals surface area (Å²) in [7, 11) is 1.62. The number of ether oxygens (including phenoxy) is 2. The zero-order valence-electron chi connectivity index (χ0n) is 18.4. The number of rotatable bonds is 8. The Morgan fingerprint density at radius 2 is 1.81 bits per heavy atom. The SMILES string of the molecule is CC(C)Oc1ccc(CN(CC(=O)O)C(=O)[C@@H]2OCC(=O)N(C)[C@@H]2c2ccccc2)cc1. The lowest BCUT2D eigenvalue weighted by atomic mass is 9.97. The summed E-state index contributed by atoms with van der Waals surface area (Å²) in [5.74, 6) is -1.16. The highest BCUT2D eigenvalue weighted by molar-refractivity contribution is 5.88. The second-order valence-electron chi connectivity index (χ2n) is 7.99. The predicted molar refractivity (Wildman–Crippen MR) is 117 cm³/mol. The molecule has 32 heavy (non-hydrogen) atoms. The van der Waals surface area contributed by atoms with Gasteiger partial charge in [-0.05, 0) is 37.1 Å². The summed E-state index contributed by atoms with van der Waals surface area (Å²) in [6.45, 7) is 3.22. The van der Waals surface area contributed by atoms with Crippen LogP contribution in [0.3, 0.4) is 0 Å². The van der Waals surface area contributed by atoms with Gasteiger partial charge in [-0.25, -0.2) is 0 Å². The van der Waals surface area contributed by atoms with Gasteiger partial charge in [0.05, 0.1) is 12.1 Å². The molecule has 0 saturated carbocycles. The molecule has 0 aromatic heterocycles. The van der Waals surface area contributed by atoms with E-state index < -0.39 is 30.6 Å². The fraction of sp³-hybridized carbons (Fsp3) is 0.375. The Hall–Kier alpha value is -3.39. The maximum atomic E-state index is 13.5. The van der Waals surface area contributed by atoms with Crippen molar-refractivity contribution in [3.63, 3.8) is 0 Å². The molecule has 1 heterocycles. The van der Waals surface area contributed by atoms with Crippen LogP contribution < -0.4 is 4.74 Å². The van der Waals surface area contributed by atoms with E-state index in [0.29, 0.717) is 5.75 Å². The van der Waals surface area contributed by atoms with Crippen molar-refractivity contribution in [1.29, 1.82) is 0 Å². The van der Waals surface area contributed by atoms with Crippen molar-refractivity contribution < 1.29 is 29.0 Å². The van der Waals surface area contributed by atoms with Gasteiger partial charge in [0.2, 0.25) is 5.91 Å². The van der Waals surface area contributed by atoms with Gasteiger partial charge < -0.3 is 24.4 Å². The van der Waals surface area contributed by atoms with Gasteiger partial charge in [0.1, 0.15) is 18.9 Å². The Morgan fingerprint density at radius 1 is 1.16 bits per heavy atom. The number of carbonyl (C=O) groups excluding carboxylic acids is 2. The van der Waals surface area contributed by atoms with Crippen LogP contribution in [0.4, 0.5) is 0 Å². The highest BCUT2D eigenvalue weighted by Crippen LogP contribution is 2.30. The van der Waals surface area contributed by atoms with E-state index >= 15 is 0 Å². The number of hydrogen-bond acceptors (Lipinski definition) is 5. The van der Waals surface area contributed by atoms with Gasteiger partial charge >= 0.3 is 5.97 Å². The van der Waals surface area contributed by atoms with Crippen LogP contribution in [-0.4, -0.2) is 65.1 Å². The lowest BCUT2D eigenvalue weighted by Crippen LogP contribution is -2.54. The van der Waals surface area contributed by atoms with Crippen molar-refractivity contribution in [2.75, 3.05) is 20.2 Å². The number of nitrogens with zero attached hydrogens (tertiary/aromatic N) is 2. The summed E-state index contributed by atoms with van der Waals surface area (Å²) in [5, 5.41) is 9.41. The predicted octanol–water partition coefficient (Wildman–Crippen LogP) is 2.49. The van der Waals surface area contributed by atoms with Crippen molar-refractivity contribution in [2.24, 2.45) is 0 Å². The first-order valence-corrected chi connectivity index (χ1v) is 10.4. The van der Waals surface area contributed by atoms with Crippen LogP contribution in [0.2, 0.25) is 0 Å². The Balaban J connectivity index is 1.85. The molecule has 170 valence electrons. The number of carbonyl (C=O) groups is 3. The molecule has 2 aromatic rings. The lowest BCUT2D eigenvalue weighted by molar-refractivity contribution is -0.169. The molecule has 2 amide bonds. The molecule has 2 aromatic carbocycles. The van der Waals surface area contributed by atoms with E-state index in [4.69, 9.17) is 9.47 Å². The monoisotopic (exact) mass is 440 g/mol. The highest BCUT2D eigenvalue weighted by atomic mass is 16.5. The van der Waals surface area contributed by atoms with E-state index in [-0.39, 0.29) is 25.2 Å². The maximum Gasteiger partial charge on any atom is 0.323 e. The maximum absolute atomic E-state index is 13.5. The number of amides is 2. The summed E-state index contributed by atoms with van der Waals surface area (Å²) in [6.07, 6.45) is -0.980. The first kappa shape index (κ1) is 23.3. The molecule has 0 bridgehead atoms. The van der Waals surface area contributed by atoms with Crippen molar-refractivity contribution in [3.05, 3.63) is 65.7 Å². The van der Waals surface area contributed by atoms with Crippen molar-refractivity contribution >= 4 is 17.8 Å². The van der Waals surface area contributed by atoms with Crippen LogP contribution >= 0.6 is 0 Å². The molecule has 0 spiro atoms. The quantitative estimate of drug-likeness (QED) is 0.678. The normalized spacial score (nSPS) is 18.5. The van der Waals surface area contributed by atoms with Gasteiger partial charge in [0, 0.05) is 13.6 Å². The molecule has 8 heteroatoms. The Labute approximate surface area is 187 Å². The fourth-order valence-corrected chi connectivity index (χ4v) is 3.69. The molecule has 3 rings (SSSR count). The molecule has 1 aliphatic rings. The Kier molecular flexibility index (Phi) is 7.48. The van der Waals surface area contributed by atoms with E-state index in [9.17, 15) is 19.5 Å². The smallest absolute Gasteiger partial charge is 0.323 e. The van der Waals surface area contributed by atoms with E-state index in [1.807, 2.05) is 44.2 Å². The molecular weight excluding hydrogens is 412 g/mol. The van der Waals surface area contributed by atoms with Gasteiger partial charge in [-0.2, -0.15) is 0 Å². The summed E-state index contributed by atoms with van der Waals surface area (Å²) >= 11 is 0. The van der Waals surface area contributed by atoms with E-state index in [0.717, 1.165) is 11.1 Å². The molecule has 0 aliphatic carbocycles. The lowest BCUT2D eigenvalue weighted by Gasteiger charge is -2.40. The minimum absolute atomic E-state index is 0.0315. The number of likely N-dealkylation sites (N-methyl/N-ethyl adjacent to an activating group) is 1. The van der Waals surface area contributed by atoms with Crippen LogP contribution in [-0.2, 0) is 25.7 Å². The number of hydrogen-bond donors (Lipinski definition) is 1. The number of benzene rings is 2. The molecule has 1 aliphatic heterocycles. The zero-order valence-corrected chi connectivity index (χ0v) is 18.4. The van der Waals surface area contributed by atoms with Gasteiger partial charge in [-0.15, -0.1) is 0 Å². The summed E-state index contributed by atoms with van der Waals surface area (Å²) in [5.41, 5.74) is 1.50. The first-order valence-electron chi connectivity index (χ1n) is 10.4. The van der Waals surface area contributed by atoms with Crippen LogP contribution in [0, 0.1) is 0 Å². The Morgan fingerprint density at radius 3 is 2.41 bits per heavy atom. The van der Waals surface area contributed by atoms with Crippen molar-refractivity contribution in [2.45, 2.75) is 38.6 Å². The summed E-state index contributed by atoms with van der Waals surface area (Å²) in [4.78, 5) is 40.0. The van der Waals surface area contributed by atoms with Gasteiger partial charge in [0.15, 0.2) is 6.10 Å².